The minimum Gasteiger partial charge on any atom is -0.381 e. The Bertz CT molecular complexity index is 673. The number of rotatable bonds is 6. The summed E-state index contributed by atoms with van der Waals surface area (Å²) in [6.07, 6.45) is 8.88. The number of carbonyl (C=O) groups excluding carboxylic acids is 1. The largest absolute Gasteiger partial charge is 0.381 e. The van der Waals surface area contributed by atoms with Crippen LogP contribution < -0.4 is 26.9 Å². The lowest BCUT2D eigenvalue weighted by molar-refractivity contribution is -0.121. The average Bonchev–Trinajstić information content (AvgIpc) is 3.47. The van der Waals surface area contributed by atoms with E-state index >= 15 is 0 Å². The van der Waals surface area contributed by atoms with Gasteiger partial charge in [0.1, 0.15) is 12.2 Å². The molecule has 5 atom stereocenters. The molecule has 2 heterocycles. The van der Waals surface area contributed by atoms with Gasteiger partial charge in [-0.05, 0) is 69.6 Å². The zero-order valence-electron chi connectivity index (χ0n) is 20.1. The van der Waals surface area contributed by atoms with Crippen LogP contribution in [0.2, 0.25) is 0 Å². The number of carbonyl (C=O) groups is 1. The Morgan fingerprint density at radius 3 is 2.67 bits per heavy atom. The molecule has 1 amide bonds. The molecule has 4 aliphatic rings. The van der Waals surface area contributed by atoms with Crippen LogP contribution in [0.5, 0.6) is 0 Å². The molecule has 0 aromatic heterocycles. The summed E-state index contributed by atoms with van der Waals surface area (Å²) in [6.45, 7) is 1.51. The number of halogens is 1. The minimum atomic E-state index is -0.640. The number of nitrogens with zero attached hydrogens (tertiary/aromatic N) is 2. The van der Waals surface area contributed by atoms with E-state index in [-0.39, 0.29) is 18.1 Å². The monoisotopic (exact) mass is 467 g/mol. The van der Waals surface area contributed by atoms with Crippen molar-refractivity contribution in [3.63, 3.8) is 0 Å². The molecule has 0 spiro atoms. The van der Waals surface area contributed by atoms with Gasteiger partial charge in [0, 0.05) is 33.3 Å². The Hall–Kier alpha value is -1.33. The van der Waals surface area contributed by atoms with E-state index < -0.39 is 6.17 Å². The molecule has 2 aliphatic heterocycles. The van der Waals surface area contributed by atoms with Crippen LogP contribution in [0.4, 0.5) is 4.39 Å². The molecule has 0 aromatic carbocycles. The van der Waals surface area contributed by atoms with Crippen molar-refractivity contribution in [3.05, 3.63) is 0 Å². The van der Waals surface area contributed by atoms with Gasteiger partial charge in [-0.15, -0.1) is 0 Å². The van der Waals surface area contributed by atoms with Crippen molar-refractivity contribution < 1.29 is 13.9 Å². The molecule has 0 radical (unpaired) electrons. The number of amides is 1. The highest BCUT2D eigenvalue weighted by molar-refractivity contribution is 5.99. The lowest BCUT2D eigenvalue weighted by Gasteiger charge is -2.28. The maximum Gasteiger partial charge on any atom is 0.245 e. The van der Waals surface area contributed by atoms with Crippen LogP contribution in [0, 0.1) is 11.8 Å². The smallest absolute Gasteiger partial charge is 0.245 e. The molecule has 0 bridgehead atoms. The maximum absolute atomic E-state index is 13.5. The second kappa shape index (κ2) is 11.9. The molecule has 0 aromatic rings. The van der Waals surface area contributed by atoms with E-state index in [4.69, 9.17) is 9.73 Å². The maximum atomic E-state index is 13.5. The third kappa shape index (κ3) is 7.08. The Labute approximate surface area is 197 Å². The molecule has 5 N–H and O–H groups in total. The lowest BCUT2D eigenvalue weighted by Crippen LogP contribution is -2.54. The molecule has 5 unspecified atom stereocenters. The number of nitrogens with one attached hydrogen (secondary N) is 5. The van der Waals surface area contributed by atoms with Crippen molar-refractivity contribution >= 4 is 11.9 Å². The normalized spacial score (nSPS) is 38.4. The SMILES string of the molecule is COC1CCCC(CN=C(NC(=O)C2CCN(C)N2)NC2CC(C3CCC(F)CC3)NN2)C1. The summed E-state index contributed by atoms with van der Waals surface area (Å²) < 4.78 is 19.1. The van der Waals surface area contributed by atoms with Crippen molar-refractivity contribution in [2.24, 2.45) is 16.8 Å². The summed E-state index contributed by atoms with van der Waals surface area (Å²) in [6, 6.07) is 0.0609. The summed E-state index contributed by atoms with van der Waals surface area (Å²) >= 11 is 0. The predicted molar refractivity (Wildman–Crippen MR) is 126 cm³/mol. The molecular weight excluding hydrogens is 425 g/mol. The highest BCUT2D eigenvalue weighted by Gasteiger charge is 2.34. The summed E-state index contributed by atoms with van der Waals surface area (Å²) in [5.74, 6) is 1.42. The van der Waals surface area contributed by atoms with Gasteiger partial charge in [0.15, 0.2) is 5.96 Å². The first-order valence-corrected chi connectivity index (χ1v) is 12.8. The van der Waals surface area contributed by atoms with Crippen LogP contribution in [-0.2, 0) is 9.53 Å². The number of ether oxygens (including phenoxy) is 1. The van der Waals surface area contributed by atoms with Crippen LogP contribution >= 0.6 is 0 Å². The standard InChI is InChI=1S/C23H42FN7O2/c1-31-11-10-19(30-31)22(32)27-23(25-14-15-4-3-5-18(12-15)33-2)26-21-13-20(28-29-21)16-6-8-17(24)9-7-16/h15-21,28-30H,3-14H2,1-2H3,(H2,25,26,27,32). The van der Waals surface area contributed by atoms with E-state index in [2.05, 4.69) is 26.9 Å². The number of aliphatic imine (C=N–C) groups is 1. The van der Waals surface area contributed by atoms with E-state index in [0.717, 1.165) is 57.9 Å². The summed E-state index contributed by atoms with van der Waals surface area (Å²) in [5, 5.41) is 8.40. The number of methoxy groups -OCH3 is 1. The molecule has 2 saturated carbocycles. The Morgan fingerprint density at radius 2 is 1.94 bits per heavy atom. The third-order valence-corrected chi connectivity index (χ3v) is 7.78. The topological polar surface area (TPSA) is 102 Å². The number of hydrogen-bond acceptors (Lipinski definition) is 7. The van der Waals surface area contributed by atoms with Gasteiger partial charge in [0.05, 0.1) is 12.3 Å². The second-order valence-electron chi connectivity index (χ2n) is 10.3. The van der Waals surface area contributed by atoms with Crippen LogP contribution in [-0.4, -0.2) is 74.6 Å². The van der Waals surface area contributed by atoms with E-state index in [1.165, 1.54) is 0 Å². The molecule has 2 saturated heterocycles. The van der Waals surface area contributed by atoms with E-state index in [1.807, 2.05) is 12.1 Å². The fourth-order valence-electron chi connectivity index (χ4n) is 5.71. The van der Waals surface area contributed by atoms with Gasteiger partial charge in [-0.1, -0.05) is 6.42 Å². The zero-order valence-corrected chi connectivity index (χ0v) is 20.1. The quantitative estimate of drug-likeness (QED) is 0.295. The van der Waals surface area contributed by atoms with E-state index in [0.29, 0.717) is 49.3 Å². The summed E-state index contributed by atoms with van der Waals surface area (Å²) in [5.41, 5.74) is 9.90. The highest BCUT2D eigenvalue weighted by atomic mass is 19.1. The van der Waals surface area contributed by atoms with Crippen LogP contribution in [0.15, 0.2) is 4.99 Å². The van der Waals surface area contributed by atoms with Gasteiger partial charge in [0.2, 0.25) is 5.91 Å². The van der Waals surface area contributed by atoms with Crippen LogP contribution in [0.3, 0.4) is 0 Å². The molecule has 2 aliphatic carbocycles. The third-order valence-electron chi connectivity index (χ3n) is 7.78. The average molecular weight is 468 g/mol. The lowest BCUT2D eigenvalue weighted by atomic mass is 9.82. The number of hydrogen-bond donors (Lipinski definition) is 5. The first-order chi connectivity index (χ1) is 16.0. The Balaban J connectivity index is 1.34. The van der Waals surface area contributed by atoms with Crippen molar-refractivity contribution in [1.29, 1.82) is 0 Å². The fourth-order valence-corrected chi connectivity index (χ4v) is 5.71. The predicted octanol–water partition coefficient (Wildman–Crippen LogP) is 1.18. The molecule has 4 rings (SSSR count). The van der Waals surface area contributed by atoms with Gasteiger partial charge in [0.25, 0.3) is 0 Å². The molecule has 33 heavy (non-hydrogen) atoms. The zero-order chi connectivity index (χ0) is 23.2. The number of alkyl halides is 1. The van der Waals surface area contributed by atoms with Crippen LogP contribution in [0.25, 0.3) is 0 Å². The minimum absolute atomic E-state index is 0.0329. The van der Waals surface area contributed by atoms with E-state index in [9.17, 15) is 9.18 Å². The Morgan fingerprint density at radius 1 is 1.12 bits per heavy atom. The number of guanidine groups is 1. The molecule has 188 valence electrons. The highest BCUT2D eigenvalue weighted by Crippen LogP contribution is 2.31. The Kier molecular flexibility index (Phi) is 8.92. The first-order valence-electron chi connectivity index (χ1n) is 12.8. The molecule has 9 nitrogen and oxygen atoms in total. The fraction of sp³-hybridized carbons (Fsp3) is 0.913. The van der Waals surface area contributed by atoms with Crippen LogP contribution in [0.1, 0.15) is 64.2 Å². The molecule has 4 fully saturated rings. The van der Waals surface area contributed by atoms with Gasteiger partial charge in [-0.2, -0.15) is 0 Å². The van der Waals surface area contributed by atoms with E-state index in [1.54, 1.807) is 7.11 Å². The van der Waals surface area contributed by atoms with Gasteiger partial charge < -0.3 is 10.1 Å². The van der Waals surface area contributed by atoms with Crippen molar-refractivity contribution in [2.45, 2.75) is 94.7 Å². The van der Waals surface area contributed by atoms with Crippen molar-refractivity contribution in [2.75, 3.05) is 27.2 Å². The van der Waals surface area contributed by atoms with Gasteiger partial charge in [-0.25, -0.2) is 20.3 Å². The van der Waals surface area contributed by atoms with Crippen molar-refractivity contribution in [1.82, 2.24) is 31.9 Å². The van der Waals surface area contributed by atoms with Gasteiger partial charge >= 0.3 is 0 Å². The molecular formula is C23H42FN7O2. The van der Waals surface area contributed by atoms with Gasteiger partial charge in [-0.3, -0.25) is 20.5 Å². The van der Waals surface area contributed by atoms with Crippen molar-refractivity contribution in [3.8, 4) is 0 Å². The summed E-state index contributed by atoms with van der Waals surface area (Å²) in [4.78, 5) is 17.7. The number of hydrazine groups is 2. The first kappa shape index (κ1) is 24.8. The second-order valence-corrected chi connectivity index (χ2v) is 10.3. The summed E-state index contributed by atoms with van der Waals surface area (Å²) in [7, 11) is 3.73. The molecule has 10 heteroatoms.